The van der Waals surface area contributed by atoms with E-state index in [9.17, 15) is 0 Å². The second-order valence-corrected chi connectivity index (χ2v) is 7.04. The highest BCUT2D eigenvalue weighted by molar-refractivity contribution is 5.77. The van der Waals surface area contributed by atoms with Gasteiger partial charge in [0.2, 0.25) is 0 Å². The number of benzene rings is 4. The number of nitrogen functional groups attached to an aromatic ring is 3. The van der Waals surface area contributed by atoms with Crippen LogP contribution in [-0.4, -0.2) is 0 Å². The number of hydrogen-bond donors (Lipinski definition) is 6. The maximum atomic E-state index is 5.80. The van der Waals surface area contributed by atoms with E-state index < -0.39 is 0 Å². The topological polar surface area (TPSA) is 114 Å². The fraction of sp³-hybridized carbons (Fsp3) is 0. The summed E-state index contributed by atoms with van der Waals surface area (Å²) in [5.74, 6) is 0. The molecule has 4 aromatic rings. The van der Waals surface area contributed by atoms with Crippen molar-refractivity contribution in [3.63, 3.8) is 0 Å². The van der Waals surface area contributed by atoms with Gasteiger partial charge in [-0.3, -0.25) is 0 Å². The Morgan fingerprint density at radius 2 is 0.567 bits per heavy atom. The van der Waals surface area contributed by atoms with E-state index in [0.717, 1.165) is 51.2 Å². The first-order valence-electron chi connectivity index (χ1n) is 9.56. The van der Waals surface area contributed by atoms with Crippen molar-refractivity contribution in [2.75, 3.05) is 33.2 Å². The third kappa shape index (κ3) is 4.94. The lowest BCUT2D eigenvalue weighted by Crippen LogP contribution is -1.98. The normalized spacial score (nSPS) is 10.4. The fourth-order valence-corrected chi connectivity index (χ4v) is 3.04. The molecule has 6 nitrogen and oxygen atoms in total. The summed E-state index contributed by atoms with van der Waals surface area (Å²) in [7, 11) is 0. The van der Waals surface area contributed by atoms with Crippen LogP contribution in [0, 0.1) is 0 Å². The van der Waals surface area contributed by atoms with Gasteiger partial charge in [-0.2, -0.15) is 0 Å². The highest BCUT2D eigenvalue weighted by Gasteiger charge is 2.04. The minimum Gasteiger partial charge on any atom is -0.399 e. The molecular weight excluding hydrogens is 372 g/mol. The van der Waals surface area contributed by atoms with Crippen molar-refractivity contribution >= 4 is 51.2 Å². The van der Waals surface area contributed by atoms with Crippen molar-refractivity contribution in [2.24, 2.45) is 0 Å². The van der Waals surface area contributed by atoms with E-state index in [2.05, 4.69) is 16.0 Å². The van der Waals surface area contributed by atoms with Gasteiger partial charge in [0.05, 0.1) is 0 Å². The minimum atomic E-state index is 0.727. The molecule has 0 heterocycles. The summed E-state index contributed by atoms with van der Waals surface area (Å²) in [5.41, 5.74) is 25.2. The van der Waals surface area contributed by atoms with E-state index in [4.69, 9.17) is 17.2 Å². The number of hydrogen-bond acceptors (Lipinski definition) is 6. The number of nitrogens with two attached hydrogens (primary N) is 3. The SMILES string of the molecule is Nc1ccc(Nc2cc(Nc3ccc(N)cc3)cc(Nc3ccc(N)cc3)c2)cc1. The molecule has 0 saturated carbocycles. The highest BCUT2D eigenvalue weighted by atomic mass is 14.9. The monoisotopic (exact) mass is 396 g/mol. The molecule has 0 aliphatic heterocycles. The summed E-state index contributed by atoms with van der Waals surface area (Å²) in [6, 6.07) is 29.0. The van der Waals surface area contributed by atoms with Crippen LogP contribution in [0.3, 0.4) is 0 Å². The molecule has 0 aromatic heterocycles. The van der Waals surface area contributed by atoms with E-state index in [-0.39, 0.29) is 0 Å². The first-order chi connectivity index (χ1) is 14.5. The summed E-state index contributed by atoms with van der Waals surface area (Å²) < 4.78 is 0. The highest BCUT2D eigenvalue weighted by Crippen LogP contribution is 2.30. The second kappa shape index (κ2) is 8.36. The Labute approximate surface area is 175 Å². The molecule has 0 aliphatic carbocycles. The Balaban J connectivity index is 1.64. The Kier molecular flexibility index (Phi) is 5.30. The Morgan fingerprint density at radius 1 is 0.333 bits per heavy atom. The largest absolute Gasteiger partial charge is 0.399 e. The van der Waals surface area contributed by atoms with Crippen LogP contribution < -0.4 is 33.2 Å². The van der Waals surface area contributed by atoms with Crippen LogP contribution in [0.2, 0.25) is 0 Å². The van der Waals surface area contributed by atoms with Gasteiger partial charge in [-0.25, -0.2) is 0 Å². The molecule has 4 aromatic carbocycles. The Morgan fingerprint density at radius 3 is 0.800 bits per heavy atom. The molecule has 6 heteroatoms. The zero-order chi connectivity index (χ0) is 20.9. The lowest BCUT2D eigenvalue weighted by molar-refractivity contribution is 1.49. The van der Waals surface area contributed by atoms with Crippen LogP contribution >= 0.6 is 0 Å². The van der Waals surface area contributed by atoms with Gasteiger partial charge in [0.1, 0.15) is 0 Å². The summed E-state index contributed by atoms with van der Waals surface area (Å²) >= 11 is 0. The van der Waals surface area contributed by atoms with Crippen molar-refractivity contribution in [3.8, 4) is 0 Å². The van der Waals surface area contributed by atoms with E-state index in [1.165, 1.54) is 0 Å². The molecule has 150 valence electrons. The molecule has 9 N–H and O–H groups in total. The first kappa shape index (κ1) is 19.0. The van der Waals surface area contributed by atoms with Crippen LogP contribution in [0.15, 0.2) is 91.0 Å². The Hall–Kier alpha value is -4.32. The number of nitrogens with one attached hydrogen (secondary N) is 3. The molecule has 0 amide bonds. The molecule has 30 heavy (non-hydrogen) atoms. The van der Waals surface area contributed by atoms with Gasteiger partial charge in [-0.15, -0.1) is 0 Å². The average Bonchev–Trinajstić information content (AvgIpc) is 2.73. The van der Waals surface area contributed by atoms with Gasteiger partial charge < -0.3 is 33.2 Å². The lowest BCUT2D eigenvalue weighted by Gasteiger charge is -2.15. The molecular formula is C24H24N6. The van der Waals surface area contributed by atoms with Gasteiger partial charge in [0, 0.05) is 51.2 Å². The van der Waals surface area contributed by atoms with Crippen molar-refractivity contribution in [1.29, 1.82) is 0 Å². The van der Waals surface area contributed by atoms with E-state index in [0.29, 0.717) is 0 Å². The Bertz CT molecular complexity index is 961. The molecule has 0 unspecified atom stereocenters. The summed E-state index contributed by atoms with van der Waals surface area (Å²) in [6.45, 7) is 0. The van der Waals surface area contributed by atoms with Crippen LogP contribution in [-0.2, 0) is 0 Å². The van der Waals surface area contributed by atoms with Gasteiger partial charge >= 0.3 is 0 Å². The molecule has 0 radical (unpaired) electrons. The number of rotatable bonds is 6. The maximum Gasteiger partial charge on any atom is 0.0425 e. The molecule has 0 spiro atoms. The van der Waals surface area contributed by atoms with Crippen molar-refractivity contribution < 1.29 is 0 Å². The summed E-state index contributed by atoms with van der Waals surface area (Å²) in [4.78, 5) is 0. The molecule has 0 fully saturated rings. The van der Waals surface area contributed by atoms with Gasteiger partial charge in [0.25, 0.3) is 0 Å². The standard InChI is InChI=1S/C24H24N6/c25-16-1-7-19(8-2-16)28-22-13-23(29-20-9-3-17(26)4-10-20)15-24(14-22)30-21-11-5-18(27)6-12-21/h1-15,28-30H,25-27H2. The van der Waals surface area contributed by atoms with Crippen molar-refractivity contribution in [1.82, 2.24) is 0 Å². The first-order valence-corrected chi connectivity index (χ1v) is 9.56. The summed E-state index contributed by atoms with van der Waals surface area (Å²) in [6.07, 6.45) is 0. The molecule has 4 rings (SSSR count). The van der Waals surface area contributed by atoms with E-state index in [1.807, 2.05) is 91.0 Å². The van der Waals surface area contributed by atoms with Crippen LogP contribution in [0.1, 0.15) is 0 Å². The molecule has 0 atom stereocenters. The molecule has 0 aliphatic rings. The van der Waals surface area contributed by atoms with Crippen LogP contribution in [0.25, 0.3) is 0 Å². The van der Waals surface area contributed by atoms with Crippen LogP contribution in [0.4, 0.5) is 51.2 Å². The zero-order valence-electron chi connectivity index (χ0n) is 16.4. The van der Waals surface area contributed by atoms with Gasteiger partial charge in [0.15, 0.2) is 0 Å². The van der Waals surface area contributed by atoms with Gasteiger partial charge in [-0.1, -0.05) is 0 Å². The smallest absolute Gasteiger partial charge is 0.0425 e. The van der Waals surface area contributed by atoms with E-state index >= 15 is 0 Å². The number of anilines is 9. The van der Waals surface area contributed by atoms with Crippen LogP contribution in [0.5, 0.6) is 0 Å². The fourth-order valence-electron chi connectivity index (χ4n) is 3.04. The minimum absolute atomic E-state index is 0.727. The predicted molar refractivity (Wildman–Crippen MR) is 129 cm³/mol. The zero-order valence-corrected chi connectivity index (χ0v) is 16.4. The molecule has 0 bridgehead atoms. The third-order valence-electron chi connectivity index (χ3n) is 4.53. The van der Waals surface area contributed by atoms with E-state index in [1.54, 1.807) is 0 Å². The van der Waals surface area contributed by atoms with Crippen molar-refractivity contribution in [2.45, 2.75) is 0 Å². The lowest BCUT2D eigenvalue weighted by atomic mass is 10.2. The van der Waals surface area contributed by atoms with Gasteiger partial charge in [-0.05, 0) is 91.0 Å². The third-order valence-corrected chi connectivity index (χ3v) is 4.53. The molecule has 0 saturated heterocycles. The average molecular weight is 396 g/mol. The second-order valence-electron chi connectivity index (χ2n) is 7.04. The van der Waals surface area contributed by atoms with Crippen molar-refractivity contribution in [3.05, 3.63) is 91.0 Å². The summed E-state index contributed by atoms with van der Waals surface area (Å²) in [5, 5.41) is 10.3. The predicted octanol–water partition coefficient (Wildman–Crippen LogP) is 5.66. The quantitative estimate of drug-likeness (QED) is 0.234. The maximum absolute atomic E-state index is 5.80.